The van der Waals surface area contributed by atoms with Gasteiger partial charge in [0, 0.05) is 48.4 Å². The Morgan fingerprint density at radius 1 is 1.15 bits per heavy atom. The molecular formula is C23H22F3N7. The van der Waals surface area contributed by atoms with Crippen molar-refractivity contribution in [1.29, 1.82) is 0 Å². The summed E-state index contributed by atoms with van der Waals surface area (Å²) in [5, 5.41) is 8.23. The summed E-state index contributed by atoms with van der Waals surface area (Å²) in [6.45, 7) is 1.76. The molecule has 1 atom stereocenters. The number of pyridine rings is 2. The number of fused-ring (bicyclic) bond motifs is 2. The molecule has 0 amide bonds. The quantitative estimate of drug-likeness (QED) is 0.481. The van der Waals surface area contributed by atoms with E-state index < -0.39 is 11.9 Å². The summed E-state index contributed by atoms with van der Waals surface area (Å²) in [6.07, 6.45) is 3.80. The molecular weight excluding hydrogens is 431 g/mol. The average Bonchev–Trinajstić information content (AvgIpc) is 3.40. The molecule has 0 bridgehead atoms. The third kappa shape index (κ3) is 3.49. The van der Waals surface area contributed by atoms with E-state index in [0.29, 0.717) is 34.0 Å². The van der Waals surface area contributed by atoms with Gasteiger partial charge in [-0.3, -0.25) is 4.98 Å². The minimum Gasteiger partial charge on any atom is -0.365 e. The van der Waals surface area contributed by atoms with Gasteiger partial charge in [0.2, 0.25) is 0 Å². The lowest BCUT2D eigenvalue weighted by molar-refractivity contribution is -0.142. The third-order valence-corrected chi connectivity index (χ3v) is 6.52. The number of alkyl halides is 3. The van der Waals surface area contributed by atoms with E-state index in [-0.39, 0.29) is 11.7 Å². The predicted octanol–water partition coefficient (Wildman–Crippen LogP) is 4.25. The van der Waals surface area contributed by atoms with Crippen LogP contribution in [0.4, 0.5) is 19.0 Å². The second-order valence-electron chi connectivity index (χ2n) is 8.81. The van der Waals surface area contributed by atoms with Crippen molar-refractivity contribution in [1.82, 2.24) is 29.8 Å². The van der Waals surface area contributed by atoms with Crippen molar-refractivity contribution in [3.05, 3.63) is 42.0 Å². The second-order valence-corrected chi connectivity index (χ2v) is 8.81. The maximum atomic E-state index is 13.5. The molecule has 0 unspecified atom stereocenters. The highest BCUT2D eigenvalue weighted by molar-refractivity contribution is 5.97. The van der Waals surface area contributed by atoms with Crippen LogP contribution in [0.5, 0.6) is 0 Å². The topological polar surface area (TPSA) is 80.5 Å². The summed E-state index contributed by atoms with van der Waals surface area (Å²) < 4.78 is 41.7. The van der Waals surface area contributed by atoms with E-state index in [9.17, 15) is 13.2 Å². The van der Waals surface area contributed by atoms with E-state index >= 15 is 0 Å². The van der Waals surface area contributed by atoms with Gasteiger partial charge in [-0.05, 0) is 49.4 Å². The average molecular weight is 453 g/mol. The molecule has 0 spiro atoms. The lowest BCUT2D eigenvalue weighted by Gasteiger charge is -2.17. The van der Waals surface area contributed by atoms with Crippen molar-refractivity contribution < 1.29 is 13.2 Å². The maximum absolute atomic E-state index is 13.5. The lowest BCUT2D eigenvalue weighted by Crippen LogP contribution is -2.23. The first-order chi connectivity index (χ1) is 15.9. The van der Waals surface area contributed by atoms with E-state index in [1.807, 2.05) is 6.20 Å². The van der Waals surface area contributed by atoms with Crippen molar-refractivity contribution in [3.8, 4) is 11.4 Å². The van der Waals surface area contributed by atoms with Crippen molar-refractivity contribution in [3.63, 3.8) is 0 Å². The number of halogens is 3. The van der Waals surface area contributed by atoms with Crippen LogP contribution in [0.15, 0.2) is 30.7 Å². The smallest absolute Gasteiger partial charge is 0.365 e. The first-order valence-corrected chi connectivity index (χ1v) is 11.0. The number of anilines is 1. The molecule has 4 aromatic heterocycles. The SMILES string of the molecule is Cn1c(C(F)(F)F)cc2c(-c3nc(N[C@@H]4CCNC4)c4c(C5CC5)cncc4n3)ccnc21. The normalized spacial score (nSPS) is 19.0. The van der Waals surface area contributed by atoms with Gasteiger partial charge < -0.3 is 15.2 Å². The molecule has 5 heterocycles. The predicted molar refractivity (Wildman–Crippen MR) is 119 cm³/mol. The van der Waals surface area contributed by atoms with Gasteiger partial charge >= 0.3 is 6.18 Å². The van der Waals surface area contributed by atoms with Gasteiger partial charge in [0.25, 0.3) is 0 Å². The summed E-state index contributed by atoms with van der Waals surface area (Å²) in [6, 6.07) is 3.02. The van der Waals surface area contributed by atoms with Crippen molar-refractivity contribution >= 4 is 27.8 Å². The zero-order valence-electron chi connectivity index (χ0n) is 17.9. The second kappa shape index (κ2) is 7.38. The van der Waals surface area contributed by atoms with Crippen LogP contribution < -0.4 is 10.6 Å². The number of nitrogens with one attached hydrogen (secondary N) is 2. The molecule has 33 heavy (non-hydrogen) atoms. The molecule has 1 aliphatic heterocycles. The lowest BCUT2D eigenvalue weighted by atomic mass is 10.1. The van der Waals surface area contributed by atoms with Crippen molar-refractivity contribution in [2.75, 3.05) is 18.4 Å². The van der Waals surface area contributed by atoms with Crippen LogP contribution in [0.1, 0.15) is 36.4 Å². The zero-order valence-corrected chi connectivity index (χ0v) is 17.9. The fraction of sp³-hybridized carbons (Fsp3) is 0.391. The highest BCUT2D eigenvalue weighted by Gasteiger charge is 2.35. The van der Waals surface area contributed by atoms with Gasteiger partial charge in [-0.15, -0.1) is 0 Å². The molecule has 10 heteroatoms. The fourth-order valence-corrected chi connectivity index (χ4v) is 4.70. The summed E-state index contributed by atoms with van der Waals surface area (Å²) in [7, 11) is 1.37. The molecule has 170 valence electrons. The van der Waals surface area contributed by atoms with Crippen LogP contribution in [0.3, 0.4) is 0 Å². The summed E-state index contributed by atoms with van der Waals surface area (Å²) in [4.78, 5) is 18.2. The molecule has 2 aliphatic rings. The number of nitrogens with zero attached hydrogens (tertiary/aromatic N) is 5. The monoisotopic (exact) mass is 453 g/mol. The molecule has 2 N–H and O–H groups in total. The fourth-order valence-electron chi connectivity index (χ4n) is 4.70. The Morgan fingerprint density at radius 3 is 2.73 bits per heavy atom. The van der Waals surface area contributed by atoms with E-state index in [2.05, 4.69) is 20.6 Å². The molecule has 4 aromatic rings. The highest BCUT2D eigenvalue weighted by atomic mass is 19.4. The molecule has 0 aromatic carbocycles. The summed E-state index contributed by atoms with van der Waals surface area (Å²) in [5.74, 6) is 1.52. The van der Waals surface area contributed by atoms with Crippen LogP contribution >= 0.6 is 0 Å². The van der Waals surface area contributed by atoms with Gasteiger partial charge in [0.05, 0.1) is 11.7 Å². The highest BCUT2D eigenvalue weighted by Crippen LogP contribution is 2.44. The first-order valence-electron chi connectivity index (χ1n) is 11.0. The Bertz CT molecular complexity index is 1370. The summed E-state index contributed by atoms with van der Waals surface area (Å²) >= 11 is 0. The summed E-state index contributed by atoms with van der Waals surface area (Å²) in [5.41, 5.74) is 1.81. The van der Waals surface area contributed by atoms with Crippen molar-refractivity contribution in [2.45, 2.75) is 37.4 Å². The van der Waals surface area contributed by atoms with Gasteiger partial charge in [0.1, 0.15) is 17.2 Å². The van der Waals surface area contributed by atoms with E-state index in [1.165, 1.54) is 13.2 Å². The minimum absolute atomic E-state index is 0.224. The molecule has 7 nitrogen and oxygen atoms in total. The van der Waals surface area contributed by atoms with E-state index in [4.69, 9.17) is 9.97 Å². The van der Waals surface area contributed by atoms with E-state index in [1.54, 1.807) is 12.3 Å². The van der Waals surface area contributed by atoms with E-state index in [0.717, 1.165) is 53.9 Å². The van der Waals surface area contributed by atoms with Crippen LogP contribution in [-0.4, -0.2) is 43.6 Å². The first kappa shape index (κ1) is 20.3. The molecule has 1 saturated carbocycles. The minimum atomic E-state index is -4.48. The Labute approximate surface area is 187 Å². The number of rotatable bonds is 4. The third-order valence-electron chi connectivity index (χ3n) is 6.52. The molecule has 6 rings (SSSR count). The number of aromatic nitrogens is 5. The zero-order chi connectivity index (χ0) is 22.7. The van der Waals surface area contributed by atoms with Crippen LogP contribution in [0.2, 0.25) is 0 Å². The van der Waals surface area contributed by atoms with Gasteiger partial charge in [-0.25, -0.2) is 15.0 Å². The number of aryl methyl sites for hydroxylation is 1. The van der Waals surface area contributed by atoms with Crippen LogP contribution in [0.25, 0.3) is 33.3 Å². The Balaban J connectivity index is 1.57. The maximum Gasteiger partial charge on any atom is 0.431 e. The molecule has 1 aliphatic carbocycles. The molecule has 2 fully saturated rings. The van der Waals surface area contributed by atoms with Gasteiger partial charge in [-0.2, -0.15) is 13.2 Å². The Hall–Kier alpha value is -3.27. The number of hydrogen-bond acceptors (Lipinski definition) is 6. The molecule has 0 radical (unpaired) electrons. The number of hydrogen-bond donors (Lipinski definition) is 2. The van der Waals surface area contributed by atoms with Crippen LogP contribution in [-0.2, 0) is 13.2 Å². The van der Waals surface area contributed by atoms with Gasteiger partial charge in [-0.1, -0.05) is 0 Å². The Morgan fingerprint density at radius 2 is 2.00 bits per heavy atom. The Kier molecular flexibility index (Phi) is 4.55. The standard InChI is InChI=1S/C23H22F3N7/c1-33-18(23(24,25)26)8-15-14(5-7-29-22(15)33)20-31-17-11-28-10-16(12-2-3-12)19(17)21(32-20)30-13-4-6-27-9-13/h5,7-8,10-13,27H,2-4,6,9H2,1H3,(H,30,31,32)/t13-/m1/s1. The van der Waals surface area contributed by atoms with Crippen LogP contribution in [0, 0.1) is 0 Å². The van der Waals surface area contributed by atoms with Crippen molar-refractivity contribution in [2.24, 2.45) is 7.05 Å². The molecule has 1 saturated heterocycles. The van der Waals surface area contributed by atoms with Gasteiger partial charge in [0.15, 0.2) is 5.82 Å². The largest absolute Gasteiger partial charge is 0.431 e.